The van der Waals surface area contributed by atoms with Crippen LogP contribution in [0.1, 0.15) is 20.8 Å². The van der Waals surface area contributed by atoms with Gasteiger partial charge < -0.3 is 10.1 Å². The number of carbonyl (C=O) groups is 2. The van der Waals surface area contributed by atoms with E-state index in [0.29, 0.717) is 11.5 Å². The van der Waals surface area contributed by atoms with Crippen molar-refractivity contribution in [3.05, 3.63) is 18.3 Å². The standard InChI is InChI=1S/C12H15N3O3/c1-12(2,3)18-11(17)15-7-9(16)14-10-8(15)5-4-6-13-10/h4-6H,7H2,1-3H3,(H,13,14,16). The zero-order chi connectivity index (χ0) is 13.3. The van der Waals surface area contributed by atoms with Crippen molar-refractivity contribution in [2.24, 2.45) is 0 Å². The maximum Gasteiger partial charge on any atom is 0.415 e. The number of rotatable bonds is 0. The zero-order valence-corrected chi connectivity index (χ0v) is 10.6. The predicted molar refractivity (Wildman–Crippen MR) is 66.4 cm³/mol. The van der Waals surface area contributed by atoms with Crippen LogP contribution in [-0.4, -0.2) is 29.1 Å². The molecule has 6 heteroatoms. The van der Waals surface area contributed by atoms with Gasteiger partial charge in [-0.3, -0.25) is 9.69 Å². The van der Waals surface area contributed by atoms with Crippen molar-refractivity contribution in [2.45, 2.75) is 26.4 Å². The molecule has 0 atom stereocenters. The molecule has 0 aliphatic carbocycles. The van der Waals surface area contributed by atoms with E-state index in [1.807, 2.05) is 0 Å². The van der Waals surface area contributed by atoms with E-state index in [9.17, 15) is 9.59 Å². The van der Waals surface area contributed by atoms with Crippen molar-refractivity contribution in [3.63, 3.8) is 0 Å². The second-order valence-corrected chi connectivity index (χ2v) is 4.99. The minimum atomic E-state index is -0.604. The molecule has 96 valence electrons. The van der Waals surface area contributed by atoms with E-state index in [1.54, 1.807) is 39.1 Å². The molecule has 0 unspecified atom stereocenters. The molecule has 1 aromatic rings. The highest BCUT2D eigenvalue weighted by molar-refractivity contribution is 6.07. The third-order valence-corrected chi connectivity index (χ3v) is 2.25. The summed E-state index contributed by atoms with van der Waals surface area (Å²) in [6.45, 7) is 5.27. The second kappa shape index (κ2) is 4.29. The Balaban J connectivity index is 2.29. The summed E-state index contributed by atoms with van der Waals surface area (Å²) in [6.07, 6.45) is 1.00. The van der Waals surface area contributed by atoms with E-state index in [0.717, 1.165) is 0 Å². The minimum absolute atomic E-state index is 0.0619. The van der Waals surface area contributed by atoms with Crippen LogP contribution >= 0.6 is 0 Å². The Labute approximate surface area is 105 Å². The third-order valence-electron chi connectivity index (χ3n) is 2.25. The Morgan fingerprint density at radius 2 is 2.22 bits per heavy atom. The highest BCUT2D eigenvalue weighted by Crippen LogP contribution is 2.27. The third kappa shape index (κ3) is 2.58. The number of amides is 2. The molecule has 6 nitrogen and oxygen atoms in total. The maximum absolute atomic E-state index is 12.0. The highest BCUT2D eigenvalue weighted by Gasteiger charge is 2.30. The molecule has 2 heterocycles. The van der Waals surface area contributed by atoms with E-state index in [2.05, 4.69) is 10.3 Å². The van der Waals surface area contributed by atoms with Gasteiger partial charge in [0, 0.05) is 6.20 Å². The summed E-state index contributed by atoms with van der Waals surface area (Å²) in [6, 6.07) is 3.42. The van der Waals surface area contributed by atoms with E-state index in [4.69, 9.17) is 4.74 Å². The van der Waals surface area contributed by atoms with Gasteiger partial charge in [0.1, 0.15) is 12.1 Å². The van der Waals surface area contributed by atoms with Gasteiger partial charge in [0.15, 0.2) is 5.82 Å². The van der Waals surface area contributed by atoms with Crippen LogP contribution in [0.15, 0.2) is 18.3 Å². The number of hydrogen-bond donors (Lipinski definition) is 1. The lowest BCUT2D eigenvalue weighted by Crippen LogP contribution is -2.44. The van der Waals surface area contributed by atoms with Crippen LogP contribution in [0.3, 0.4) is 0 Å². The van der Waals surface area contributed by atoms with Crippen LogP contribution in [0, 0.1) is 0 Å². The van der Waals surface area contributed by atoms with Crippen LogP contribution in [-0.2, 0) is 9.53 Å². The molecule has 0 bridgehead atoms. The quantitative estimate of drug-likeness (QED) is 0.760. The van der Waals surface area contributed by atoms with Gasteiger partial charge in [0.25, 0.3) is 0 Å². The topological polar surface area (TPSA) is 71.5 Å². The van der Waals surface area contributed by atoms with Gasteiger partial charge >= 0.3 is 6.09 Å². The summed E-state index contributed by atoms with van der Waals surface area (Å²) in [5.74, 6) is 0.0895. The number of hydrogen-bond acceptors (Lipinski definition) is 4. The van der Waals surface area contributed by atoms with Crippen LogP contribution < -0.4 is 10.2 Å². The number of carbonyl (C=O) groups excluding carboxylic acids is 2. The average molecular weight is 249 g/mol. The fraction of sp³-hybridized carbons (Fsp3) is 0.417. The summed E-state index contributed by atoms with van der Waals surface area (Å²) in [4.78, 5) is 28.8. The first kappa shape index (κ1) is 12.3. The molecule has 2 rings (SSSR count). The molecular weight excluding hydrogens is 234 g/mol. The van der Waals surface area contributed by atoms with Crippen molar-refractivity contribution in [2.75, 3.05) is 16.8 Å². The van der Waals surface area contributed by atoms with Gasteiger partial charge in [0.05, 0.1) is 5.69 Å². The first-order chi connectivity index (χ1) is 8.37. The SMILES string of the molecule is CC(C)(C)OC(=O)N1CC(=O)Nc2ncccc21. The molecule has 0 spiro atoms. The summed E-state index contributed by atoms with van der Waals surface area (Å²) >= 11 is 0. The Morgan fingerprint density at radius 3 is 2.89 bits per heavy atom. The number of fused-ring (bicyclic) bond motifs is 1. The largest absolute Gasteiger partial charge is 0.443 e. The van der Waals surface area contributed by atoms with Crippen molar-refractivity contribution < 1.29 is 14.3 Å². The second-order valence-electron chi connectivity index (χ2n) is 4.99. The van der Waals surface area contributed by atoms with Crippen LogP contribution in [0.4, 0.5) is 16.3 Å². The number of nitrogens with one attached hydrogen (secondary N) is 1. The lowest BCUT2D eigenvalue weighted by molar-refractivity contribution is -0.115. The van der Waals surface area contributed by atoms with E-state index in [1.165, 1.54) is 4.90 Å². The van der Waals surface area contributed by atoms with Crippen molar-refractivity contribution in [1.82, 2.24) is 4.98 Å². The number of aromatic nitrogens is 1. The van der Waals surface area contributed by atoms with E-state index >= 15 is 0 Å². The first-order valence-corrected chi connectivity index (χ1v) is 5.62. The van der Waals surface area contributed by atoms with Gasteiger partial charge in [-0.25, -0.2) is 9.78 Å². The highest BCUT2D eigenvalue weighted by atomic mass is 16.6. The molecule has 0 fully saturated rings. The Hall–Kier alpha value is -2.11. The average Bonchev–Trinajstić information content (AvgIpc) is 2.25. The molecule has 1 aromatic heterocycles. The first-order valence-electron chi connectivity index (χ1n) is 5.62. The molecule has 1 aliphatic rings. The van der Waals surface area contributed by atoms with Gasteiger partial charge in [-0.15, -0.1) is 0 Å². The van der Waals surface area contributed by atoms with Gasteiger partial charge in [0.2, 0.25) is 5.91 Å². The van der Waals surface area contributed by atoms with Crippen molar-refractivity contribution in [3.8, 4) is 0 Å². The Kier molecular flexibility index (Phi) is 2.94. The summed E-state index contributed by atoms with van der Waals surface area (Å²) in [5.41, 5.74) is -0.0562. The van der Waals surface area contributed by atoms with Gasteiger partial charge in [-0.05, 0) is 32.9 Å². The minimum Gasteiger partial charge on any atom is -0.443 e. The molecule has 0 saturated carbocycles. The lowest BCUT2D eigenvalue weighted by atomic mass is 10.2. The van der Waals surface area contributed by atoms with Crippen LogP contribution in [0.5, 0.6) is 0 Å². The lowest BCUT2D eigenvalue weighted by Gasteiger charge is -2.30. The van der Waals surface area contributed by atoms with Crippen molar-refractivity contribution >= 4 is 23.5 Å². The summed E-state index contributed by atoms with van der Waals surface area (Å²) in [5, 5.41) is 2.61. The van der Waals surface area contributed by atoms with Gasteiger partial charge in [-0.1, -0.05) is 0 Å². The zero-order valence-electron chi connectivity index (χ0n) is 10.6. The summed E-state index contributed by atoms with van der Waals surface area (Å²) < 4.78 is 5.26. The number of ether oxygens (including phenoxy) is 1. The van der Waals surface area contributed by atoms with E-state index in [-0.39, 0.29) is 12.5 Å². The normalized spacial score (nSPS) is 14.8. The Morgan fingerprint density at radius 1 is 1.50 bits per heavy atom. The van der Waals surface area contributed by atoms with E-state index < -0.39 is 11.7 Å². The van der Waals surface area contributed by atoms with Crippen LogP contribution in [0.2, 0.25) is 0 Å². The number of pyridine rings is 1. The molecule has 0 radical (unpaired) electrons. The molecule has 18 heavy (non-hydrogen) atoms. The fourth-order valence-corrected chi connectivity index (χ4v) is 1.59. The number of anilines is 2. The summed E-state index contributed by atoms with van der Waals surface area (Å²) in [7, 11) is 0. The molecule has 1 aliphatic heterocycles. The smallest absolute Gasteiger partial charge is 0.415 e. The van der Waals surface area contributed by atoms with Gasteiger partial charge in [-0.2, -0.15) is 0 Å². The fourth-order valence-electron chi connectivity index (χ4n) is 1.59. The van der Waals surface area contributed by atoms with Crippen molar-refractivity contribution in [1.29, 1.82) is 0 Å². The molecule has 0 saturated heterocycles. The monoisotopic (exact) mass is 249 g/mol. The van der Waals surface area contributed by atoms with Crippen LogP contribution in [0.25, 0.3) is 0 Å². The molecule has 0 aromatic carbocycles. The molecular formula is C12H15N3O3. The number of nitrogens with zero attached hydrogens (tertiary/aromatic N) is 2. The molecule has 1 N–H and O–H groups in total. The predicted octanol–water partition coefficient (Wildman–Crippen LogP) is 1.78. The maximum atomic E-state index is 12.0. The Bertz CT molecular complexity index is 494. The molecule has 2 amide bonds.